The number of carbonyl (C=O) groups excluding carboxylic acids is 4. The minimum atomic E-state index is -1.30. The number of nitrogen functional groups attached to an aromatic ring is 1. The number of ketones is 1. The number of rotatable bonds is 8. The minimum Gasteiger partial charge on any atom is -0.465 e. The first-order valence-corrected chi connectivity index (χ1v) is 8.76. The fourth-order valence-electron chi connectivity index (χ4n) is 2.46. The van der Waals surface area contributed by atoms with E-state index in [0.29, 0.717) is 11.4 Å². The number of methoxy groups -OCH3 is 2. The van der Waals surface area contributed by atoms with Crippen molar-refractivity contribution in [1.29, 1.82) is 0 Å². The van der Waals surface area contributed by atoms with E-state index in [-0.39, 0.29) is 16.8 Å². The molecule has 30 heavy (non-hydrogen) atoms. The molecule has 2 aromatic carbocycles. The lowest BCUT2D eigenvalue weighted by atomic mass is 10.1. The molecule has 1 unspecified atom stereocenters. The fraction of sp³-hybridized carbons (Fsp3) is 0.200. The maximum absolute atomic E-state index is 12.5. The van der Waals surface area contributed by atoms with Crippen LogP contribution in [-0.2, 0) is 19.1 Å². The summed E-state index contributed by atoms with van der Waals surface area (Å²) in [4.78, 5) is 48.3. The quantitative estimate of drug-likeness (QED) is 0.217. The Morgan fingerprint density at radius 3 is 2.13 bits per heavy atom. The third kappa shape index (κ3) is 5.55. The van der Waals surface area contributed by atoms with Crippen LogP contribution in [0.4, 0.5) is 17.1 Å². The summed E-state index contributed by atoms with van der Waals surface area (Å²) < 4.78 is 9.38. The van der Waals surface area contributed by atoms with Gasteiger partial charge in [-0.15, -0.1) is 0 Å². The van der Waals surface area contributed by atoms with Gasteiger partial charge in [-0.25, -0.2) is 15.0 Å². The number of hydrogen-bond acceptors (Lipinski definition) is 9. The number of amides is 1. The molecule has 10 nitrogen and oxygen atoms in total. The topological polar surface area (TPSA) is 149 Å². The first-order chi connectivity index (χ1) is 14.3. The van der Waals surface area contributed by atoms with E-state index >= 15 is 0 Å². The summed E-state index contributed by atoms with van der Waals surface area (Å²) in [6.07, 6.45) is 0. The minimum absolute atomic E-state index is 0.0823. The lowest BCUT2D eigenvalue weighted by Gasteiger charge is -2.19. The van der Waals surface area contributed by atoms with Crippen LogP contribution in [-0.4, -0.2) is 43.9 Å². The second-order valence-electron chi connectivity index (χ2n) is 6.17. The van der Waals surface area contributed by atoms with Crippen LogP contribution in [0.15, 0.2) is 42.5 Å². The van der Waals surface area contributed by atoms with Crippen molar-refractivity contribution in [3.05, 3.63) is 53.6 Å². The van der Waals surface area contributed by atoms with Crippen molar-refractivity contribution in [2.45, 2.75) is 13.0 Å². The molecule has 0 aromatic heterocycles. The molecular formula is C20H22N4O6. The van der Waals surface area contributed by atoms with Crippen molar-refractivity contribution in [2.24, 2.45) is 0 Å². The van der Waals surface area contributed by atoms with Crippen LogP contribution in [0, 0.1) is 0 Å². The van der Waals surface area contributed by atoms with Gasteiger partial charge < -0.3 is 25.9 Å². The van der Waals surface area contributed by atoms with Gasteiger partial charge in [-0.05, 0) is 49.4 Å². The highest BCUT2D eigenvalue weighted by Gasteiger charge is 2.24. The van der Waals surface area contributed by atoms with E-state index in [1.807, 2.05) is 0 Å². The number of anilines is 3. The average molecular weight is 414 g/mol. The van der Waals surface area contributed by atoms with Crippen molar-refractivity contribution >= 4 is 40.7 Å². The lowest BCUT2D eigenvalue weighted by Crippen LogP contribution is -2.48. The third-order valence-electron chi connectivity index (χ3n) is 4.04. The summed E-state index contributed by atoms with van der Waals surface area (Å²) in [5, 5.41) is 2.59. The maximum atomic E-state index is 12.5. The number of nitrogens with two attached hydrogens (primary N) is 1. The van der Waals surface area contributed by atoms with E-state index in [2.05, 4.69) is 20.9 Å². The molecule has 0 spiro atoms. The van der Waals surface area contributed by atoms with E-state index in [1.165, 1.54) is 39.3 Å². The Hall–Kier alpha value is -3.92. The summed E-state index contributed by atoms with van der Waals surface area (Å²) in [6.45, 7) is 1.23. The smallest absolute Gasteiger partial charge is 0.340 e. The number of Topliss-reactive ketones (excluding diaryl/α,β-unsaturated/α-hetero) is 1. The zero-order valence-corrected chi connectivity index (χ0v) is 16.6. The molecule has 0 aliphatic heterocycles. The second-order valence-corrected chi connectivity index (χ2v) is 6.17. The molecule has 1 amide bonds. The summed E-state index contributed by atoms with van der Waals surface area (Å²) in [6, 6.07) is 9.17. The van der Waals surface area contributed by atoms with Gasteiger partial charge in [-0.2, -0.15) is 0 Å². The zero-order valence-electron chi connectivity index (χ0n) is 16.6. The second kappa shape index (κ2) is 10.0. The van der Waals surface area contributed by atoms with Gasteiger partial charge in [0, 0.05) is 11.4 Å². The van der Waals surface area contributed by atoms with Crippen LogP contribution >= 0.6 is 0 Å². The summed E-state index contributed by atoms with van der Waals surface area (Å²) in [5.41, 5.74) is 12.2. The number of ether oxygens (including phenoxy) is 2. The van der Waals surface area contributed by atoms with Crippen LogP contribution in [0.3, 0.4) is 0 Å². The Kier molecular flexibility index (Phi) is 7.48. The molecule has 1 atom stereocenters. The molecule has 0 radical (unpaired) electrons. The molecule has 0 bridgehead atoms. The highest BCUT2D eigenvalue weighted by atomic mass is 16.5. The van der Waals surface area contributed by atoms with Crippen LogP contribution in [0.5, 0.6) is 0 Å². The first-order valence-electron chi connectivity index (χ1n) is 8.76. The highest BCUT2D eigenvalue weighted by Crippen LogP contribution is 2.19. The summed E-state index contributed by atoms with van der Waals surface area (Å²) in [7, 11) is 2.42. The van der Waals surface area contributed by atoms with Crippen LogP contribution in [0.2, 0.25) is 0 Å². The van der Waals surface area contributed by atoms with Gasteiger partial charge in [0.15, 0.2) is 11.8 Å². The molecule has 0 fully saturated rings. The Balaban J connectivity index is 2.22. The summed E-state index contributed by atoms with van der Waals surface area (Å²) in [5.74, 6) is -2.43. The number of esters is 2. The van der Waals surface area contributed by atoms with E-state index in [1.54, 1.807) is 24.3 Å². The first kappa shape index (κ1) is 22.4. The Labute approximate surface area is 172 Å². The van der Waals surface area contributed by atoms with E-state index in [4.69, 9.17) is 10.5 Å². The number of carbonyl (C=O) groups is 4. The Bertz CT molecular complexity index is 958. The fourth-order valence-corrected chi connectivity index (χ4v) is 2.46. The zero-order chi connectivity index (χ0) is 22.3. The standard InChI is InChI=1S/C20H22N4O6/c1-11(25)17(18(26)22-14-7-5-13(21)6-8-14)24-23-16-10-12(19(27)29-2)4-9-15(16)20(28)30-3/h4-10,17,23-24H,21H2,1-3H3,(H,22,26). The maximum Gasteiger partial charge on any atom is 0.340 e. The van der Waals surface area contributed by atoms with Crippen molar-refractivity contribution in [3.63, 3.8) is 0 Å². The molecule has 0 aliphatic carbocycles. The number of nitrogens with one attached hydrogen (secondary N) is 3. The Morgan fingerprint density at radius 1 is 0.933 bits per heavy atom. The van der Waals surface area contributed by atoms with Gasteiger partial charge in [0.05, 0.1) is 31.0 Å². The molecule has 2 aromatic rings. The number of hydrazine groups is 1. The van der Waals surface area contributed by atoms with Crippen molar-refractivity contribution in [1.82, 2.24) is 5.43 Å². The van der Waals surface area contributed by atoms with Gasteiger partial charge in [-0.1, -0.05) is 0 Å². The lowest BCUT2D eigenvalue weighted by molar-refractivity contribution is -0.127. The molecule has 0 aliphatic rings. The SMILES string of the molecule is COC(=O)c1ccc(C(=O)OC)c(NNC(C(C)=O)C(=O)Nc2ccc(N)cc2)c1. The van der Waals surface area contributed by atoms with Gasteiger partial charge in [-0.3, -0.25) is 9.59 Å². The molecule has 2 rings (SSSR count). The molecule has 0 heterocycles. The molecule has 5 N–H and O–H groups in total. The van der Waals surface area contributed by atoms with E-state index in [9.17, 15) is 19.2 Å². The predicted molar refractivity (Wildman–Crippen MR) is 110 cm³/mol. The van der Waals surface area contributed by atoms with Gasteiger partial charge >= 0.3 is 11.9 Å². The van der Waals surface area contributed by atoms with Crippen LogP contribution < -0.4 is 21.9 Å². The highest BCUT2D eigenvalue weighted by molar-refractivity contribution is 6.10. The Morgan fingerprint density at radius 2 is 1.57 bits per heavy atom. The number of hydrogen-bond donors (Lipinski definition) is 4. The molecule has 158 valence electrons. The van der Waals surface area contributed by atoms with E-state index < -0.39 is 29.7 Å². The van der Waals surface area contributed by atoms with Crippen LogP contribution in [0.25, 0.3) is 0 Å². The average Bonchev–Trinajstić information content (AvgIpc) is 2.74. The van der Waals surface area contributed by atoms with Gasteiger partial charge in [0.2, 0.25) is 0 Å². The molecule has 0 saturated carbocycles. The monoisotopic (exact) mass is 414 g/mol. The largest absolute Gasteiger partial charge is 0.465 e. The molecule has 10 heteroatoms. The third-order valence-corrected chi connectivity index (χ3v) is 4.04. The summed E-state index contributed by atoms with van der Waals surface area (Å²) >= 11 is 0. The van der Waals surface area contributed by atoms with Gasteiger partial charge in [0.1, 0.15) is 0 Å². The molecule has 0 saturated heterocycles. The van der Waals surface area contributed by atoms with E-state index in [0.717, 1.165) is 0 Å². The van der Waals surface area contributed by atoms with Crippen molar-refractivity contribution < 1.29 is 28.7 Å². The predicted octanol–water partition coefficient (Wildman–Crippen LogP) is 1.35. The van der Waals surface area contributed by atoms with Crippen molar-refractivity contribution in [2.75, 3.05) is 30.7 Å². The molecular weight excluding hydrogens is 392 g/mol. The van der Waals surface area contributed by atoms with Crippen LogP contribution in [0.1, 0.15) is 27.6 Å². The number of benzene rings is 2. The van der Waals surface area contributed by atoms with Gasteiger partial charge in [0.25, 0.3) is 5.91 Å². The normalized spacial score (nSPS) is 11.2. The van der Waals surface area contributed by atoms with Crippen molar-refractivity contribution in [3.8, 4) is 0 Å².